The summed E-state index contributed by atoms with van der Waals surface area (Å²) < 4.78 is 38.5. The van der Waals surface area contributed by atoms with Gasteiger partial charge < -0.3 is 4.90 Å². The van der Waals surface area contributed by atoms with Crippen molar-refractivity contribution in [1.29, 1.82) is 5.26 Å². The molecule has 0 aromatic heterocycles. The summed E-state index contributed by atoms with van der Waals surface area (Å²) in [5, 5.41) is 8.98. The van der Waals surface area contributed by atoms with Crippen molar-refractivity contribution in [1.82, 2.24) is 0 Å². The molecule has 2 atom stereocenters. The monoisotopic (exact) mass is 296 g/mol. The normalized spacial score (nSPS) is 22.7. The molecule has 1 fully saturated rings. The highest BCUT2D eigenvalue weighted by molar-refractivity contribution is 5.55. The van der Waals surface area contributed by atoms with E-state index in [9.17, 15) is 13.2 Å². The average Bonchev–Trinajstić information content (AvgIpc) is 2.45. The van der Waals surface area contributed by atoms with Crippen molar-refractivity contribution >= 4 is 5.69 Å². The maximum Gasteiger partial charge on any atom is 0.417 e. The van der Waals surface area contributed by atoms with Crippen LogP contribution in [0.4, 0.5) is 18.9 Å². The Hall–Kier alpha value is -1.70. The molecule has 0 spiro atoms. The van der Waals surface area contributed by atoms with Crippen molar-refractivity contribution in [2.45, 2.75) is 44.8 Å². The first kappa shape index (κ1) is 15.7. The Morgan fingerprint density at radius 1 is 1.24 bits per heavy atom. The average molecular weight is 296 g/mol. The molecule has 1 aliphatic carbocycles. The number of hydrogen-bond donors (Lipinski definition) is 0. The van der Waals surface area contributed by atoms with E-state index in [1.54, 1.807) is 6.07 Å². The Kier molecular flexibility index (Phi) is 4.46. The van der Waals surface area contributed by atoms with Crippen LogP contribution in [0.2, 0.25) is 0 Å². The maximum atomic E-state index is 12.8. The summed E-state index contributed by atoms with van der Waals surface area (Å²) >= 11 is 0. The van der Waals surface area contributed by atoms with E-state index in [0.717, 1.165) is 25.3 Å². The minimum atomic E-state index is -4.49. The summed E-state index contributed by atoms with van der Waals surface area (Å²) in [6, 6.07) is 5.81. The fourth-order valence-corrected chi connectivity index (χ4v) is 3.15. The van der Waals surface area contributed by atoms with Gasteiger partial charge in [0.2, 0.25) is 0 Å². The first-order chi connectivity index (χ1) is 9.84. The number of hydrogen-bond acceptors (Lipinski definition) is 2. The number of nitrogens with zero attached hydrogens (tertiary/aromatic N) is 2. The smallest absolute Gasteiger partial charge is 0.371 e. The lowest BCUT2D eigenvalue weighted by Gasteiger charge is -2.37. The van der Waals surface area contributed by atoms with E-state index in [-0.39, 0.29) is 5.56 Å². The Balaban J connectivity index is 2.30. The molecule has 1 aromatic rings. The van der Waals surface area contributed by atoms with Crippen LogP contribution in [0.5, 0.6) is 0 Å². The summed E-state index contributed by atoms with van der Waals surface area (Å²) in [6.07, 6.45) is 0.0503. The van der Waals surface area contributed by atoms with Crippen molar-refractivity contribution in [3.63, 3.8) is 0 Å². The third-order valence-corrected chi connectivity index (χ3v) is 4.40. The molecule has 2 nitrogen and oxygen atoms in total. The summed E-state index contributed by atoms with van der Waals surface area (Å²) in [5.41, 5.74) is -0.493. The second kappa shape index (κ2) is 5.97. The van der Waals surface area contributed by atoms with E-state index in [4.69, 9.17) is 5.26 Å². The molecule has 2 rings (SSSR count). The third-order valence-electron chi connectivity index (χ3n) is 4.40. The second-order valence-corrected chi connectivity index (χ2v) is 5.78. The quantitative estimate of drug-likeness (QED) is 0.798. The van der Waals surface area contributed by atoms with E-state index in [2.05, 4.69) is 6.92 Å². The van der Waals surface area contributed by atoms with E-state index in [0.29, 0.717) is 17.6 Å². The maximum absolute atomic E-state index is 12.8. The zero-order valence-corrected chi connectivity index (χ0v) is 12.2. The molecular weight excluding hydrogens is 277 g/mol. The van der Waals surface area contributed by atoms with Gasteiger partial charge >= 0.3 is 6.18 Å². The lowest BCUT2D eigenvalue weighted by atomic mass is 9.85. The predicted molar refractivity (Wildman–Crippen MR) is 76.0 cm³/mol. The Morgan fingerprint density at radius 2 is 1.90 bits per heavy atom. The van der Waals surface area contributed by atoms with E-state index >= 15 is 0 Å². The highest BCUT2D eigenvalue weighted by atomic mass is 19.4. The van der Waals surface area contributed by atoms with E-state index in [1.165, 1.54) is 18.6 Å². The second-order valence-electron chi connectivity index (χ2n) is 5.78. The van der Waals surface area contributed by atoms with Crippen LogP contribution < -0.4 is 4.90 Å². The third kappa shape index (κ3) is 3.31. The first-order valence-electron chi connectivity index (χ1n) is 7.18. The minimum Gasteiger partial charge on any atom is -0.371 e. The van der Waals surface area contributed by atoms with E-state index < -0.39 is 11.7 Å². The number of rotatable bonds is 2. The van der Waals surface area contributed by atoms with Crippen LogP contribution >= 0.6 is 0 Å². The molecule has 0 heterocycles. The van der Waals surface area contributed by atoms with Crippen LogP contribution in [0.1, 0.15) is 43.7 Å². The van der Waals surface area contributed by atoms with Crippen molar-refractivity contribution in [3.8, 4) is 6.07 Å². The van der Waals surface area contributed by atoms with Gasteiger partial charge in [-0.1, -0.05) is 19.8 Å². The largest absolute Gasteiger partial charge is 0.417 e. The fourth-order valence-electron chi connectivity index (χ4n) is 3.15. The first-order valence-corrected chi connectivity index (χ1v) is 7.18. The number of benzene rings is 1. The van der Waals surface area contributed by atoms with Gasteiger partial charge in [-0.15, -0.1) is 0 Å². The van der Waals surface area contributed by atoms with Gasteiger partial charge in [0.15, 0.2) is 0 Å². The highest BCUT2D eigenvalue weighted by Gasteiger charge is 2.34. The number of halogens is 3. The zero-order chi connectivity index (χ0) is 15.6. The Bertz CT molecular complexity index is 545. The standard InChI is InChI=1S/C16H19F3N2/c1-11-5-3-4-6-15(11)21(2)13-7-8-14(16(17,18)19)12(9-13)10-20/h7-9,11,15H,3-6H2,1-2H3. The molecule has 1 saturated carbocycles. The van der Waals surface area contributed by atoms with Gasteiger partial charge in [0.05, 0.1) is 17.2 Å². The number of anilines is 1. The summed E-state index contributed by atoms with van der Waals surface area (Å²) in [7, 11) is 1.90. The summed E-state index contributed by atoms with van der Waals surface area (Å²) in [6.45, 7) is 2.18. The van der Waals surface area contributed by atoms with Crippen molar-refractivity contribution < 1.29 is 13.2 Å². The summed E-state index contributed by atoms with van der Waals surface area (Å²) in [5.74, 6) is 0.511. The topological polar surface area (TPSA) is 27.0 Å². The van der Waals surface area contributed by atoms with E-state index in [1.807, 2.05) is 11.9 Å². The molecule has 0 radical (unpaired) electrons. The Morgan fingerprint density at radius 3 is 2.48 bits per heavy atom. The van der Waals surface area contributed by atoms with Crippen LogP contribution in [-0.4, -0.2) is 13.1 Å². The van der Waals surface area contributed by atoms with Crippen molar-refractivity contribution in [2.75, 3.05) is 11.9 Å². The van der Waals surface area contributed by atoms with Gasteiger partial charge in [-0.2, -0.15) is 18.4 Å². The van der Waals surface area contributed by atoms with Crippen molar-refractivity contribution in [2.24, 2.45) is 5.92 Å². The lowest BCUT2D eigenvalue weighted by Crippen LogP contribution is -2.39. The lowest BCUT2D eigenvalue weighted by molar-refractivity contribution is -0.137. The fraction of sp³-hybridized carbons (Fsp3) is 0.562. The Labute approximate surface area is 123 Å². The van der Waals surface area contributed by atoms with Gasteiger partial charge in [-0.3, -0.25) is 0 Å². The molecule has 0 N–H and O–H groups in total. The molecule has 114 valence electrons. The molecule has 1 aromatic carbocycles. The molecule has 0 amide bonds. The summed E-state index contributed by atoms with van der Waals surface area (Å²) in [4.78, 5) is 2.02. The number of nitriles is 1. The molecule has 21 heavy (non-hydrogen) atoms. The molecular formula is C16H19F3N2. The van der Waals surface area contributed by atoms with Crippen LogP contribution in [-0.2, 0) is 6.18 Å². The minimum absolute atomic E-state index is 0.310. The molecule has 0 aliphatic heterocycles. The van der Waals surface area contributed by atoms with Crippen LogP contribution in [0.25, 0.3) is 0 Å². The van der Waals surface area contributed by atoms with Gasteiger partial charge in [-0.25, -0.2) is 0 Å². The molecule has 1 aliphatic rings. The zero-order valence-electron chi connectivity index (χ0n) is 12.2. The molecule has 5 heteroatoms. The number of alkyl halides is 3. The predicted octanol–water partition coefficient (Wildman–Crippen LogP) is 4.59. The van der Waals surface area contributed by atoms with Gasteiger partial charge in [-0.05, 0) is 37.0 Å². The van der Waals surface area contributed by atoms with Gasteiger partial charge in [0, 0.05) is 18.8 Å². The van der Waals surface area contributed by atoms with Gasteiger partial charge in [0.1, 0.15) is 0 Å². The van der Waals surface area contributed by atoms with Crippen LogP contribution in [0.15, 0.2) is 18.2 Å². The van der Waals surface area contributed by atoms with Crippen LogP contribution in [0.3, 0.4) is 0 Å². The highest BCUT2D eigenvalue weighted by Crippen LogP contribution is 2.35. The van der Waals surface area contributed by atoms with Crippen LogP contribution in [0, 0.1) is 17.2 Å². The molecule has 2 unspecified atom stereocenters. The SMILES string of the molecule is CC1CCCCC1N(C)c1ccc(C(F)(F)F)c(C#N)c1. The van der Waals surface area contributed by atoms with Crippen molar-refractivity contribution in [3.05, 3.63) is 29.3 Å². The molecule has 0 saturated heterocycles. The van der Waals surface area contributed by atoms with Gasteiger partial charge in [0.25, 0.3) is 0 Å². The molecule has 0 bridgehead atoms.